The van der Waals surface area contributed by atoms with Gasteiger partial charge in [0, 0.05) is 28.3 Å². The van der Waals surface area contributed by atoms with Crippen molar-refractivity contribution in [3.63, 3.8) is 0 Å². The molecule has 0 radical (unpaired) electrons. The summed E-state index contributed by atoms with van der Waals surface area (Å²) < 4.78 is 0. The molecule has 1 aliphatic carbocycles. The Morgan fingerprint density at radius 2 is 1.83 bits per heavy atom. The Hall–Kier alpha value is -3.56. The van der Waals surface area contributed by atoms with E-state index in [2.05, 4.69) is 11.5 Å². The number of rotatable bonds is 3. The van der Waals surface area contributed by atoms with Gasteiger partial charge in [-0.05, 0) is 42.7 Å². The monoisotopic (exact) mass is 418 g/mol. The number of halogens is 1. The fraction of sp³-hybridized carbons (Fsp3) is 0.174. The first kappa shape index (κ1) is 19.7. The highest BCUT2D eigenvalue weighted by atomic mass is 35.5. The summed E-state index contributed by atoms with van der Waals surface area (Å²) in [4.78, 5) is 25.7. The number of carbonyl (C=O) groups excluding carboxylic acids is 2. The molecule has 6 nitrogen and oxygen atoms in total. The van der Waals surface area contributed by atoms with Crippen LogP contribution in [0.25, 0.3) is 0 Å². The standard InChI is InChI=1S/C23H19ClN4O2/c24-16-11-9-14(10-12-16)20-17(13-25)22(26)28(18-7-4-8-19(29)21(18)20)27-23(30)15-5-2-1-3-6-15/h1-3,5-6,9-12,20H,4,7-8,26H2,(H,27,30). The zero-order valence-corrected chi connectivity index (χ0v) is 16.8. The Morgan fingerprint density at radius 1 is 1.13 bits per heavy atom. The molecule has 0 saturated carbocycles. The van der Waals surface area contributed by atoms with Gasteiger partial charge in [-0.3, -0.25) is 15.0 Å². The number of nitriles is 1. The number of nitrogens with zero attached hydrogens (tertiary/aromatic N) is 2. The van der Waals surface area contributed by atoms with Crippen LogP contribution in [0.3, 0.4) is 0 Å². The molecule has 1 atom stereocenters. The highest BCUT2D eigenvalue weighted by Gasteiger charge is 2.40. The van der Waals surface area contributed by atoms with Crippen molar-refractivity contribution >= 4 is 23.3 Å². The van der Waals surface area contributed by atoms with Crippen molar-refractivity contribution in [1.29, 1.82) is 5.26 Å². The summed E-state index contributed by atoms with van der Waals surface area (Å²) >= 11 is 6.02. The van der Waals surface area contributed by atoms with Gasteiger partial charge >= 0.3 is 0 Å². The average Bonchev–Trinajstić information content (AvgIpc) is 2.76. The van der Waals surface area contributed by atoms with Crippen LogP contribution in [0.5, 0.6) is 0 Å². The van der Waals surface area contributed by atoms with Crippen molar-refractivity contribution in [2.24, 2.45) is 5.73 Å². The number of Topliss-reactive ketones (excluding diaryl/α,β-unsaturated/α-hetero) is 1. The molecule has 3 N–H and O–H groups in total. The Morgan fingerprint density at radius 3 is 2.50 bits per heavy atom. The lowest BCUT2D eigenvalue weighted by Crippen LogP contribution is -2.48. The number of nitrogens with one attached hydrogen (secondary N) is 1. The third-order valence-corrected chi connectivity index (χ3v) is 5.62. The van der Waals surface area contributed by atoms with Crippen molar-refractivity contribution in [2.45, 2.75) is 25.2 Å². The van der Waals surface area contributed by atoms with E-state index in [0.29, 0.717) is 41.1 Å². The Labute approximate surface area is 179 Å². The molecule has 4 rings (SSSR count). The van der Waals surface area contributed by atoms with Crippen LogP contribution in [-0.2, 0) is 4.79 Å². The molecular formula is C23H19ClN4O2. The molecule has 2 aromatic rings. The van der Waals surface area contributed by atoms with Crippen molar-refractivity contribution in [2.75, 3.05) is 0 Å². The summed E-state index contributed by atoms with van der Waals surface area (Å²) in [5.41, 5.74) is 11.7. The van der Waals surface area contributed by atoms with Crippen molar-refractivity contribution in [3.8, 4) is 6.07 Å². The molecular weight excluding hydrogens is 400 g/mol. The third-order valence-electron chi connectivity index (χ3n) is 5.37. The largest absolute Gasteiger partial charge is 0.383 e. The molecule has 1 unspecified atom stereocenters. The normalized spacial score (nSPS) is 18.7. The van der Waals surface area contributed by atoms with Gasteiger partial charge in [-0.25, -0.2) is 5.01 Å². The Balaban J connectivity index is 1.81. The lowest BCUT2D eigenvalue weighted by molar-refractivity contribution is -0.116. The Bertz CT molecular complexity index is 1110. The van der Waals surface area contributed by atoms with Crippen molar-refractivity contribution < 1.29 is 9.59 Å². The first-order valence-corrected chi connectivity index (χ1v) is 9.96. The van der Waals surface area contributed by atoms with E-state index in [4.69, 9.17) is 17.3 Å². The Kier molecular flexibility index (Phi) is 5.30. The summed E-state index contributed by atoms with van der Waals surface area (Å²) in [6.07, 6.45) is 1.61. The fourth-order valence-electron chi connectivity index (χ4n) is 3.96. The van der Waals surface area contributed by atoms with Gasteiger partial charge in [-0.2, -0.15) is 5.26 Å². The van der Waals surface area contributed by atoms with E-state index in [0.717, 1.165) is 5.56 Å². The van der Waals surface area contributed by atoms with E-state index in [1.54, 1.807) is 48.5 Å². The molecule has 7 heteroatoms. The SMILES string of the molecule is N#CC1=C(N)N(NC(=O)c2ccccc2)C2=C(C(=O)CCC2)C1c1ccc(Cl)cc1. The van der Waals surface area contributed by atoms with Crippen LogP contribution >= 0.6 is 11.6 Å². The number of hydrogen-bond donors (Lipinski definition) is 2. The van der Waals surface area contributed by atoms with E-state index in [9.17, 15) is 14.9 Å². The molecule has 0 bridgehead atoms. The highest BCUT2D eigenvalue weighted by Crippen LogP contribution is 2.44. The molecule has 0 saturated heterocycles. The molecule has 2 aromatic carbocycles. The molecule has 1 aliphatic heterocycles. The van der Waals surface area contributed by atoms with Gasteiger partial charge in [0.15, 0.2) is 5.78 Å². The number of allylic oxidation sites excluding steroid dienone is 3. The molecule has 0 spiro atoms. The van der Waals surface area contributed by atoms with Gasteiger partial charge in [0.25, 0.3) is 5.91 Å². The maximum absolute atomic E-state index is 13.0. The van der Waals surface area contributed by atoms with Gasteiger partial charge in [-0.1, -0.05) is 41.9 Å². The zero-order chi connectivity index (χ0) is 21.3. The maximum Gasteiger partial charge on any atom is 0.270 e. The van der Waals surface area contributed by atoms with Gasteiger partial charge < -0.3 is 5.73 Å². The predicted molar refractivity (Wildman–Crippen MR) is 113 cm³/mol. The molecule has 30 heavy (non-hydrogen) atoms. The number of carbonyl (C=O) groups is 2. The number of benzene rings is 2. The van der Waals surface area contributed by atoms with Crippen molar-refractivity contribution in [1.82, 2.24) is 10.4 Å². The van der Waals surface area contributed by atoms with Crippen LogP contribution in [0.2, 0.25) is 5.02 Å². The second kappa shape index (κ2) is 8.05. The average molecular weight is 419 g/mol. The molecule has 0 aromatic heterocycles. The molecule has 0 fully saturated rings. The number of nitrogens with two attached hydrogens (primary N) is 1. The summed E-state index contributed by atoms with van der Waals surface area (Å²) in [5.74, 6) is -0.879. The van der Waals surface area contributed by atoms with Gasteiger partial charge in [0.1, 0.15) is 5.82 Å². The van der Waals surface area contributed by atoms with Crippen LogP contribution in [0.4, 0.5) is 0 Å². The minimum Gasteiger partial charge on any atom is -0.383 e. The van der Waals surface area contributed by atoms with E-state index in [1.165, 1.54) is 5.01 Å². The zero-order valence-electron chi connectivity index (χ0n) is 16.1. The molecule has 150 valence electrons. The summed E-state index contributed by atoms with van der Waals surface area (Å²) in [6.45, 7) is 0. The molecule has 2 aliphatic rings. The summed E-state index contributed by atoms with van der Waals surface area (Å²) in [5, 5.41) is 11.9. The minimum atomic E-state index is -0.583. The van der Waals surface area contributed by atoms with Gasteiger partial charge in [-0.15, -0.1) is 0 Å². The molecule has 1 amide bonds. The van der Waals surface area contributed by atoms with Crippen LogP contribution in [-0.4, -0.2) is 16.7 Å². The van der Waals surface area contributed by atoms with Crippen LogP contribution in [0.1, 0.15) is 41.1 Å². The van der Waals surface area contributed by atoms with Crippen molar-refractivity contribution in [3.05, 3.63) is 93.4 Å². The van der Waals surface area contributed by atoms with E-state index >= 15 is 0 Å². The van der Waals surface area contributed by atoms with Gasteiger partial charge in [0.05, 0.1) is 17.6 Å². The van der Waals surface area contributed by atoms with E-state index < -0.39 is 5.92 Å². The number of hydrazine groups is 1. The second-order valence-electron chi connectivity index (χ2n) is 7.17. The minimum absolute atomic E-state index is 0.0459. The first-order valence-electron chi connectivity index (χ1n) is 9.59. The summed E-state index contributed by atoms with van der Waals surface area (Å²) in [7, 11) is 0. The van der Waals surface area contributed by atoms with E-state index in [-0.39, 0.29) is 23.1 Å². The van der Waals surface area contributed by atoms with Crippen LogP contribution in [0, 0.1) is 11.3 Å². The van der Waals surface area contributed by atoms with Gasteiger partial charge in [0.2, 0.25) is 0 Å². The predicted octanol–water partition coefficient (Wildman–Crippen LogP) is 3.79. The third kappa shape index (κ3) is 3.44. The summed E-state index contributed by atoms with van der Waals surface area (Å²) in [6, 6.07) is 17.9. The van der Waals surface area contributed by atoms with Crippen LogP contribution < -0.4 is 11.2 Å². The quantitative estimate of drug-likeness (QED) is 0.790. The van der Waals surface area contributed by atoms with Crippen LogP contribution in [0.15, 0.2) is 77.3 Å². The smallest absolute Gasteiger partial charge is 0.270 e. The second-order valence-corrected chi connectivity index (χ2v) is 7.61. The maximum atomic E-state index is 13.0. The lowest BCUT2D eigenvalue weighted by atomic mass is 9.76. The molecule has 1 heterocycles. The van der Waals surface area contributed by atoms with E-state index in [1.807, 2.05) is 6.07 Å². The highest BCUT2D eigenvalue weighted by molar-refractivity contribution is 6.30. The number of ketones is 1. The first-order chi connectivity index (χ1) is 14.5. The lowest BCUT2D eigenvalue weighted by Gasteiger charge is -2.39. The number of amides is 1. The fourth-order valence-corrected chi connectivity index (χ4v) is 4.08. The number of hydrogen-bond acceptors (Lipinski definition) is 5. The topological polar surface area (TPSA) is 99.2 Å².